The van der Waals surface area contributed by atoms with Gasteiger partial charge in [0.15, 0.2) is 5.82 Å². The Balaban J connectivity index is 1.75. The third-order valence-corrected chi connectivity index (χ3v) is 4.15. The first-order valence-electron chi connectivity index (χ1n) is 6.89. The number of hydrogen-bond donors (Lipinski definition) is 0. The van der Waals surface area contributed by atoms with Crippen LogP contribution in [0.2, 0.25) is 10.0 Å². The molecule has 22 heavy (non-hydrogen) atoms. The average molecular weight is 340 g/mol. The van der Waals surface area contributed by atoms with E-state index in [9.17, 15) is 4.79 Å². The van der Waals surface area contributed by atoms with Crippen LogP contribution in [0.4, 0.5) is 11.6 Å². The lowest BCUT2D eigenvalue weighted by Crippen LogP contribution is -2.49. The van der Waals surface area contributed by atoms with Crippen molar-refractivity contribution >= 4 is 34.8 Å². The number of aryl methyl sites for hydroxylation is 1. The number of piperazine rings is 1. The van der Waals surface area contributed by atoms with E-state index in [0.29, 0.717) is 42.0 Å². The molecule has 0 aliphatic carbocycles. The Kier molecular flexibility index (Phi) is 4.22. The van der Waals surface area contributed by atoms with Crippen LogP contribution in [0.3, 0.4) is 0 Å². The van der Waals surface area contributed by atoms with Crippen molar-refractivity contribution < 1.29 is 0 Å². The summed E-state index contributed by atoms with van der Waals surface area (Å²) in [5.41, 5.74) is -0.0846. The van der Waals surface area contributed by atoms with Gasteiger partial charge in [-0.15, -0.1) is 0 Å². The van der Waals surface area contributed by atoms with Crippen LogP contribution in [0, 0.1) is 0 Å². The van der Waals surface area contributed by atoms with E-state index in [1.54, 1.807) is 31.7 Å². The first-order valence-corrected chi connectivity index (χ1v) is 7.64. The van der Waals surface area contributed by atoms with Gasteiger partial charge in [-0.05, 0) is 6.07 Å². The van der Waals surface area contributed by atoms with Crippen molar-refractivity contribution in [3.63, 3.8) is 0 Å². The molecule has 1 saturated heterocycles. The minimum absolute atomic E-state index is 0.0846. The Morgan fingerprint density at radius 3 is 2.32 bits per heavy atom. The van der Waals surface area contributed by atoms with Gasteiger partial charge in [0.1, 0.15) is 5.82 Å². The molecular weight excluding hydrogens is 325 g/mol. The second kappa shape index (κ2) is 6.14. The van der Waals surface area contributed by atoms with Crippen LogP contribution >= 0.6 is 23.2 Å². The number of aromatic nitrogens is 3. The zero-order valence-electron chi connectivity index (χ0n) is 12.0. The maximum absolute atomic E-state index is 12.1. The van der Waals surface area contributed by atoms with Crippen molar-refractivity contribution in [2.45, 2.75) is 0 Å². The Morgan fingerprint density at radius 1 is 1.05 bits per heavy atom. The molecule has 0 amide bonds. The monoisotopic (exact) mass is 339 g/mol. The average Bonchev–Trinajstić information content (AvgIpc) is 2.50. The van der Waals surface area contributed by atoms with Crippen molar-refractivity contribution in [1.82, 2.24) is 14.5 Å². The Hall–Kier alpha value is -1.79. The lowest BCUT2D eigenvalue weighted by atomic mass is 10.3. The maximum atomic E-state index is 12.1. The van der Waals surface area contributed by atoms with Gasteiger partial charge in [0.05, 0.1) is 10.0 Å². The summed E-state index contributed by atoms with van der Waals surface area (Å²) in [5.74, 6) is 1.21. The van der Waals surface area contributed by atoms with E-state index in [4.69, 9.17) is 23.2 Å². The predicted octanol–water partition coefficient (Wildman–Crippen LogP) is 1.81. The molecule has 2 aromatic heterocycles. The van der Waals surface area contributed by atoms with E-state index in [0.717, 1.165) is 5.82 Å². The van der Waals surface area contributed by atoms with Crippen molar-refractivity contribution in [2.75, 3.05) is 36.0 Å². The van der Waals surface area contributed by atoms with Crippen molar-refractivity contribution in [3.8, 4) is 0 Å². The summed E-state index contributed by atoms with van der Waals surface area (Å²) in [5, 5.41) is 1.05. The van der Waals surface area contributed by atoms with Crippen molar-refractivity contribution in [1.29, 1.82) is 0 Å². The molecular formula is C14H15Cl2N5O. The largest absolute Gasteiger partial charge is 0.352 e. The van der Waals surface area contributed by atoms with E-state index in [-0.39, 0.29) is 5.56 Å². The topological polar surface area (TPSA) is 54.3 Å². The quantitative estimate of drug-likeness (QED) is 0.835. The predicted molar refractivity (Wildman–Crippen MR) is 88.2 cm³/mol. The van der Waals surface area contributed by atoms with Crippen molar-refractivity contribution in [2.24, 2.45) is 7.05 Å². The Bertz CT molecular complexity index is 740. The second-order valence-electron chi connectivity index (χ2n) is 5.10. The van der Waals surface area contributed by atoms with Crippen LogP contribution in [-0.4, -0.2) is 40.7 Å². The number of halogens is 2. The van der Waals surface area contributed by atoms with E-state index < -0.39 is 0 Å². The summed E-state index contributed by atoms with van der Waals surface area (Å²) >= 11 is 12.1. The van der Waals surface area contributed by atoms with E-state index in [1.165, 1.54) is 4.57 Å². The molecule has 0 radical (unpaired) electrons. The summed E-state index contributed by atoms with van der Waals surface area (Å²) < 4.78 is 1.53. The fourth-order valence-corrected chi connectivity index (χ4v) is 2.97. The van der Waals surface area contributed by atoms with Gasteiger partial charge in [0, 0.05) is 51.8 Å². The van der Waals surface area contributed by atoms with Gasteiger partial charge in [-0.25, -0.2) is 9.97 Å². The summed E-state index contributed by atoms with van der Waals surface area (Å²) in [6.07, 6.45) is 4.88. The smallest absolute Gasteiger partial charge is 0.293 e. The second-order valence-corrected chi connectivity index (χ2v) is 5.94. The number of nitrogens with zero attached hydrogens (tertiary/aromatic N) is 5. The number of anilines is 2. The van der Waals surface area contributed by atoms with Crippen molar-refractivity contribution in [3.05, 3.63) is 45.1 Å². The fraction of sp³-hybridized carbons (Fsp3) is 0.357. The van der Waals surface area contributed by atoms with Crippen LogP contribution < -0.4 is 15.4 Å². The van der Waals surface area contributed by atoms with E-state index in [1.807, 2.05) is 4.90 Å². The molecule has 0 bridgehead atoms. The summed E-state index contributed by atoms with van der Waals surface area (Å²) in [6.45, 7) is 2.81. The molecule has 6 nitrogen and oxygen atoms in total. The van der Waals surface area contributed by atoms with Gasteiger partial charge >= 0.3 is 0 Å². The lowest BCUT2D eigenvalue weighted by Gasteiger charge is -2.36. The van der Waals surface area contributed by atoms with Gasteiger partial charge < -0.3 is 14.4 Å². The summed E-state index contributed by atoms with van der Waals surface area (Å²) in [7, 11) is 1.72. The molecule has 8 heteroatoms. The molecule has 1 aliphatic rings. The molecule has 0 unspecified atom stereocenters. The zero-order chi connectivity index (χ0) is 15.7. The van der Waals surface area contributed by atoms with Crippen LogP contribution in [-0.2, 0) is 7.05 Å². The highest BCUT2D eigenvalue weighted by Crippen LogP contribution is 2.27. The van der Waals surface area contributed by atoms with Gasteiger partial charge in [0.2, 0.25) is 0 Å². The maximum Gasteiger partial charge on any atom is 0.293 e. The number of hydrogen-bond acceptors (Lipinski definition) is 5. The molecule has 3 rings (SSSR count). The first-order chi connectivity index (χ1) is 10.6. The fourth-order valence-electron chi connectivity index (χ4n) is 2.47. The molecule has 2 aromatic rings. The summed E-state index contributed by atoms with van der Waals surface area (Å²) in [4.78, 5) is 24.7. The normalized spacial score (nSPS) is 15.2. The van der Waals surface area contributed by atoms with Crippen LogP contribution in [0.25, 0.3) is 0 Å². The summed E-state index contributed by atoms with van der Waals surface area (Å²) in [6, 6.07) is 1.69. The minimum atomic E-state index is -0.0846. The lowest BCUT2D eigenvalue weighted by molar-refractivity contribution is 0.634. The van der Waals surface area contributed by atoms with E-state index >= 15 is 0 Å². The van der Waals surface area contributed by atoms with Gasteiger partial charge in [-0.3, -0.25) is 4.79 Å². The van der Waals surface area contributed by atoms with Crippen LogP contribution in [0.1, 0.15) is 0 Å². The van der Waals surface area contributed by atoms with Gasteiger partial charge in [-0.1, -0.05) is 23.2 Å². The Labute approximate surface area is 137 Å². The SMILES string of the molecule is Cn1ccnc(N2CCN(c3ncc(Cl)cc3Cl)CC2)c1=O. The van der Waals surface area contributed by atoms with Gasteiger partial charge in [0.25, 0.3) is 5.56 Å². The number of pyridine rings is 1. The van der Waals surface area contributed by atoms with Crippen LogP contribution in [0.5, 0.6) is 0 Å². The Morgan fingerprint density at radius 2 is 1.68 bits per heavy atom. The zero-order valence-corrected chi connectivity index (χ0v) is 13.5. The minimum Gasteiger partial charge on any atom is -0.352 e. The number of rotatable bonds is 2. The molecule has 0 N–H and O–H groups in total. The molecule has 1 fully saturated rings. The van der Waals surface area contributed by atoms with E-state index in [2.05, 4.69) is 14.9 Å². The first kappa shape index (κ1) is 15.1. The standard InChI is InChI=1S/C14H15Cl2N5O/c1-19-3-2-17-13(14(19)22)21-6-4-20(5-7-21)12-11(16)8-10(15)9-18-12/h2-3,8-9H,4-7H2,1H3. The molecule has 0 aromatic carbocycles. The highest BCUT2D eigenvalue weighted by atomic mass is 35.5. The molecule has 116 valence electrons. The molecule has 3 heterocycles. The molecule has 0 spiro atoms. The highest BCUT2D eigenvalue weighted by Gasteiger charge is 2.22. The third-order valence-electron chi connectivity index (χ3n) is 3.67. The third kappa shape index (κ3) is 2.89. The highest BCUT2D eigenvalue weighted by molar-refractivity contribution is 6.36. The van der Waals surface area contributed by atoms with Gasteiger partial charge in [-0.2, -0.15) is 0 Å². The molecule has 1 aliphatic heterocycles. The molecule has 0 atom stereocenters. The van der Waals surface area contributed by atoms with Crippen LogP contribution in [0.15, 0.2) is 29.5 Å². The molecule has 0 saturated carbocycles.